The van der Waals surface area contributed by atoms with Gasteiger partial charge in [0.25, 0.3) is 0 Å². The molecule has 0 nitrogen and oxygen atoms in total. The van der Waals surface area contributed by atoms with Gasteiger partial charge >= 0.3 is 308 Å². The Labute approximate surface area is 342 Å². The molecule has 0 radical (unpaired) electrons. The number of hydrogen-bond acceptors (Lipinski definition) is 0. The van der Waals surface area contributed by atoms with Crippen LogP contribution in [0, 0.1) is 0 Å². The minimum Gasteiger partial charge on any atom is -1.00 e. The van der Waals surface area contributed by atoms with Crippen molar-refractivity contribution in [1.29, 1.82) is 0 Å². The van der Waals surface area contributed by atoms with E-state index >= 15 is 0 Å². The molecule has 0 aromatic rings. The predicted octanol–water partition coefficient (Wildman–Crippen LogP) is -15.0. The fraction of sp³-hybridized carbons (Fsp3) is 1.00. The van der Waals surface area contributed by atoms with Crippen molar-refractivity contribution in [2.75, 3.05) is 0 Å². The van der Waals surface area contributed by atoms with Gasteiger partial charge in [0, 0.05) is 0 Å². The molecule has 12 heavy (non-hydrogen) atoms. The Hall–Kier alpha value is 9.82. The van der Waals surface area contributed by atoms with Crippen LogP contribution in [0.4, 0.5) is 0 Å². The molecule has 0 spiro atoms. The van der Waals surface area contributed by atoms with E-state index in [1.807, 2.05) is 0 Å². The smallest absolute Gasteiger partial charge is 1.00 e. The van der Waals surface area contributed by atoms with Gasteiger partial charge in [-0.3, -0.25) is 0 Å². The standard InChI is InChI=1S/C6H12.6K.6H/c1-2-4-6-5-3-1;;;;;;;;;;;;/h1-6H2;;;;;;;;;;;;/q;6*+1;6*-1. The molecule has 1 rings (SSSR count). The van der Waals surface area contributed by atoms with Crippen molar-refractivity contribution in [2.45, 2.75) is 38.5 Å². The second-order valence-corrected chi connectivity index (χ2v) is 2.12. The van der Waals surface area contributed by atoms with Crippen LogP contribution in [-0.4, -0.2) is 0 Å². The molecular weight excluding hydrogens is 307 g/mol. The van der Waals surface area contributed by atoms with Gasteiger partial charge in [0.05, 0.1) is 0 Å². The summed E-state index contributed by atoms with van der Waals surface area (Å²) in [5.74, 6) is 0. The van der Waals surface area contributed by atoms with Gasteiger partial charge < -0.3 is 8.56 Å². The fourth-order valence-corrected chi connectivity index (χ4v) is 1.06. The first kappa shape index (κ1) is 37.8. The van der Waals surface area contributed by atoms with Gasteiger partial charge in [0.15, 0.2) is 0 Å². The summed E-state index contributed by atoms with van der Waals surface area (Å²) in [6.07, 6.45) is 9.00. The molecule has 0 bridgehead atoms. The van der Waals surface area contributed by atoms with Crippen molar-refractivity contribution >= 4 is 0 Å². The quantitative estimate of drug-likeness (QED) is 0.388. The first-order valence-corrected chi connectivity index (χ1v) is 3.00. The van der Waals surface area contributed by atoms with Crippen molar-refractivity contribution in [1.82, 2.24) is 0 Å². The second kappa shape index (κ2) is 32.7. The Balaban J connectivity index is -0.00000000300. The van der Waals surface area contributed by atoms with E-state index in [1.165, 1.54) is 38.5 Å². The molecule has 0 heterocycles. The van der Waals surface area contributed by atoms with Crippen LogP contribution in [-0.2, 0) is 0 Å². The Morgan fingerprint density at radius 3 is 0.500 bits per heavy atom. The van der Waals surface area contributed by atoms with Gasteiger partial charge in [0.1, 0.15) is 0 Å². The molecule has 1 saturated carbocycles. The normalized spacial score (nSPS) is 12.0. The summed E-state index contributed by atoms with van der Waals surface area (Å²) in [5, 5.41) is 0. The van der Waals surface area contributed by atoms with E-state index in [-0.39, 0.29) is 317 Å². The maximum absolute atomic E-state index is 1.50. The van der Waals surface area contributed by atoms with Crippen LogP contribution in [0.5, 0.6) is 0 Å². The summed E-state index contributed by atoms with van der Waals surface area (Å²) in [5.41, 5.74) is 0. The van der Waals surface area contributed by atoms with Crippen molar-refractivity contribution < 1.29 is 317 Å². The Bertz CT molecular complexity index is 44.0. The van der Waals surface area contributed by atoms with Gasteiger partial charge in [-0.25, -0.2) is 0 Å². The van der Waals surface area contributed by atoms with Gasteiger partial charge in [0.2, 0.25) is 0 Å². The molecule has 0 saturated heterocycles. The SMILES string of the molecule is C1CCCCC1.[H-].[H-].[H-].[H-].[H-].[H-].[K+].[K+].[K+].[K+].[K+].[K+]. The van der Waals surface area contributed by atoms with E-state index in [2.05, 4.69) is 0 Å². The Morgan fingerprint density at radius 2 is 0.417 bits per heavy atom. The van der Waals surface area contributed by atoms with E-state index < -0.39 is 0 Å². The largest absolute Gasteiger partial charge is 1.00 e. The molecule has 6 heteroatoms. The Kier molecular flexibility index (Phi) is 103. The minimum atomic E-state index is 0. The molecule has 1 aliphatic rings. The minimum absolute atomic E-state index is 0. The zero-order valence-electron chi connectivity index (χ0n) is 16.2. The molecule has 0 aromatic heterocycles. The molecular formula is C6H18K6. The van der Waals surface area contributed by atoms with Crippen LogP contribution in [0.3, 0.4) is 0 Å². The van der Waals surface area contributed by atoms with Crippen LogP contribution >= 0.6 is 0 Å². The van der Waals surface area contributed by atoms with Crippen LogP contribution in [0.15, 0.2) is 0 Å². The van der Waals surface area contributed by atoms with Crippen molar-refractivity contribution in [3.8, 4) is 0 Å². The maximum atomic E-state index is 1.50. The first-order chi connectivity index (χ1) is 3.00. The average Bonchev–Trinajstić information content (AvgIpc) is 1.72. The van der Waals surface area contributed by atoms with E-state index in [1.54, 1.807) is 0 Å². The first-order valence-electron chi connectivity index (χ1n) is 3.00. The molecule has 1 aliphatic carbocycles. The average molecular weight is 325 g/mol. The maximum Gasteiger partial charge on any atom is 1.00 e. The van der Waals surface area contributed by atoms with E-state index in [4.69, 9.17) is 0 Å². The van der Waals surface area contributed by atoms with Crippen LogP contribution < -0.4 is 308 Å². The van der Waals surface area contributed by atoms with Crippen LogP contribution in [0.2, 0.25) is 0 Å². The third-order valence-corrected chi connectivity index (χ3v) is 1.50. The van der Waals surface area contributed by atoms with Crippen molar-refractivity contribution in [2.24, 2.45) is 0 Å². The van der Waals surface area contributed by atoms with Gasteiger partial charge in [-0.15, -0.1) is 0 Å². The topological polar surface area (TPSA) is 0 Å². The molecule has 0 aliphatic heterocycles. The van der Waals surface area contributed by atoms with Crippen molar-refractivity contribution in [3.05, 3.63) is 0 Å². The molecule has 0 atom stereocenters. The monoisotopic (exact) mass is 324 g/mol. The zero-order chi connectivity index (χ0) is 4.24. The Morgan fingerprint density at radius 1 is 0.333 bits per heavy atom. The second-order valence-electron chi connectivity index (χ2n) is 2.12. The van der Waals surface area contributed by atoms with Crippen molar-refractivity contribution in [3.63, 3.8) is 0 Å². The number of hydrogen-bond donors (Lipinski definition) is 0. The van der Waals surface area contributed by atoms with Gasteiger partial charge in [-0.05, 0) is 0 Å². The summed E-state index contributed by atoms with van der Waals surface area (Å²) in [6, 6.07) is 0. The molecule has 0 N–H and O–H groups in total. The molecule has 1 fully saturated rings. The molecule has 0 unspecified atom stereocenters. The number of rotatable bonds is 0. The van der Waals surface area contributed by atoms with Gasteiger partial charge in [-0.2, -0.15) is 0 Å². The third-order valence-electron chi connectivity index (χ3n) is 1.50. The third kappa shape index (κ3) is 28.0. The van der Waals surface area contributed by atoms with Crippen LogP contribution in [0.1, 0.15) is 47.1 Å². The molecule has 0 aromatic carbocycles. The molecule has 48 valence electrons. The molecule has 0 amide bonds. The van der Waals surface area contributed by atoms with E-state index in [0.29, 0.717) is 0 Å². The summed E-state index contributed by atoms with van der Waals surface area (Å²) >= 11 is 0. The fourth-order valence-electron chi connectivity index (χ4n) is 1.06. The predicted molar refractivity (Wildman–Crippen MR) is 34.4 cm³/mol. The van der Waals surface area contributed by atoms with E-state index in [9.17, 15) is 0 Å². The summed E-state index contributed by atoms with van der Waals surface area (Å²) < 4.78 is 0. The van der Waals surface area contributed by atoms with Gasteiger partial charge in [-0.1, -0.05) is 38.5 Å². The zero-order valence-corrected chi connectivity index (χ0v) is 29.0. The summed E-state index contributed by atoms with van der Waals surface area (Å²) in [4.78, 5) is 0. The summed E-state index contributed by atoms with van der Waals surface area (Å²) in [6.45, 7) is 0. The summed E-state index contributed by atoms with van der Waals surface area (Å²) in [7, 11) is 0. The van der Waals surface area contributed by atoms with E-state index in [0.717, 1.165) is 0 Å². The van der Waals surface area contributed by atoms with Crippen LogP contribution in [0.25, 0.3) is 0 Å².